The molecule has 6 aromatic carbocycles. The van der Waals surface area contributed by atoms with Gasteiger partial charge in [-0.2, -0.15) is 0 Å². The number of benzene rings is 6. The Kier molecular flexibility index (Phi) is 9.31. The summed E-state index contributed by atoms with van der Waals surface area (Å²) in [7, 11) is 0. The molecule has 2 unspecified atom stereocenters. The highest BCUT2D eigenvalue weighted by atomic mass is 15.2. The summed E-state index contributed by atoms with van der Waals surface area (Å²) in [6, 6.07) is 39.8. The third kappa shape index (κ3) is 6.05. The lowest BCUT2D eigenvalue weighted by Gasteiger charge is -2.56. The molecule has 1 saturated carbocycles. The van der Waals surface area contributed by atoms with Crippen molar-refractivity contribution < 1.29 is 0 Å². The van der Waals surface area contributed by atoms with Crippen LogP contribution in [-0.4, -0.2) is 12.4 Å². The number of nitrogens with zero attached hydrogens (tertiary/aromatic N) is 2. The lowest BCUT2D eigenvalue weighted by Crippen LogP contribution is -2.71. The van der Waals surface area contributed by atoms with Gasteiger partial charge in [-0.25, -0.2) is 0 Å². The van der Waals surface area contributed by atoms with E-state index in [-0.39, 0.29) is 50.3 Å². The Morgan fingerprint density at radius 1 is 0.443 bits per heavy atom. The van der Waals surface area contributed by atoms with Crippen molar-refractivity contribution in [2.75, 3.05) is 9.71 Å². The number of anilines is 4. The second-order valence-electron chi connectivity index (χ2n) is 28.4. The van der Waals surface area contributed by atoms with Crippen LogP contribution in [0.2, 0.25) is 0 Å². The minimum Gasteiger partial charge on any atom is -0.400 e. The van der Waals surface area contributed by atoms with Gasteiger partial charge in [-0.15, -0.1) is 0 Å². The molecule has 2 atom stereocenters. The van der Waals surface area contributed by atoms with Crippen molar-refractivity contribution >= 4 is 40.5 Å². The van der Waals surface area contributed by atoms with Crippen LogP contribution in [0.1, 0.15) is 201 Å². The van der Waals surface area contributed by atoms with E-state index in [1.54, 1.807) is 16.7 Å². The monoisotopic (exact) mass is 923 g/mol. The Balaban J connectivity index is 1.26. The molecule has 3 aliphatic carbocycles. The van der Waals surface area contributed by atoms with Crippen LogP contribution in [0.15, 0.2) is 97.1 Å². The molecule has 6 aromatic rings. The van der Waals surface area contributed by atoms with E-state index < -0.39 is 0 Å². The van der Waals surface area contributed by atoms with Crippen LogP contribution < -0.4 is 20.6 Å². The molecule has 0 saturated heterocycles. The SMILES string of the molecule is CC(C)(C)c1ccc(N2c3cc(C(C)(C)C)cc4c3B(c3c2ccc2c3C(C)(C)c3cc5c(cc3-2)C(C)(C)CCC5(C)C)N2c3c-4cc(C(C)(C)C)cc3C3(C)CCCCC23C)c(-c2ccccc2)c1. The molecule has 0 spiro atoms. The van der Waals surface area contributed by atoms with Crippen molar-refractivity contribution in [2.45, 2.75) is 200 Å². The summed E-state index contributed by atoms with van der Waals surface area (Å²) in [4.78, 5) is 5.85. The average molecular weight is 923 g/mol. The average Bonchev–Trinajstić information content (AvgIpc) is 3.65. The van der Waals surface area contributed by atoms with E-state index in [1.807, 2.05) is 0 Å². The van der Waals surface area contributed by atoms with E-state index >= 15 is 0 Å². The van der Waals surface area contributed by atoms with E-state index in [2.05, 4.69) is 224 Å². The van der Waals surface area contributed by atoms with Crippen LogP contribution >= 0.6 is 0 Å². The maximum Gasteiger partial charge on any atom is 0.329 e. The maximum atomic E-state index is 3.08. The predicted octanol–water partition coefficient (Wildman–Crippen LogP) is 16.9. The Hall–Kier alpha value is -5.02. The summed E-state index contributed by atoms with van der Waals surface area (Å²) in [5.41, 5.74) is 28.5. The van der Waals surface area contributed by atoms with Crippen molar-refractivity contribution in [3.05, 3.63) is 142 Å². The van der Waals surface area contributed by atoms with E-state index in [1.165, 1.54) is 133 Å². The Labute approximate surface area is 422 Å². The molecule has 0 N–H and O–H groups in total. The number of hydrogen-bond donors (Lipinski definition) is 0. The quantitative estimate of drug-likeness (QED) is 0.160. The zero-order valence-electron chi connectivity index (χ0n) is 46.0. The van der Waals surface area contributed by atoms with Gasteiger partial charge in [-0.1, -0.05) is 184 Å². The first-order valence-corrected chi connectivity index (χ1v) is 27.1. The highest BCUT2D eigenvalue weighted by Gasteiger charge is 2.64. The predicted molar refractivity (Wildman–Crippen MR) is 303 cm³/mol. The maximum absolute atomic E-state index is 3.08. The summed E-state index contributed by atoms with van der Waals surface area (Å²) in [5.74, 6) is 0. The summed E-state index contributed by atoms with van der Waals surface area (Å²) in [6.07, 6.45) is 7.35. The molecule has 3 heteroatoms. The van der Waals surface area contributed by atoms with Gasteiger partial charge in [0.25, 0.3) is 0 Å². The van der Waals surface area contributed by atoms with Crippen molar-refractivity contribution in [1.29, 1.82) is 0 Å². The topological polar surface area (TPSA) is 6.48 Å². The van der Waals surface area contributed by atoms with E-state index in [9.17, 15) is 0 Å². The first-order chi connectivity index (χ1) is 32.6. The third-order valence-corrected chi connectivity index (χ3v) is 19.7. The molecule has 0 aromatic heterocycles. The van der Waals surface area contributed by atoms with Crippen LogP contribution in [0, 0.1) is 0 Å². The first-order valence-electron chi connectivity index (χ1n) is 27.1. The molecular formula is C67H79BN2. The van der Waals surface area contributed by atoms with Crippen molar-refractivity contribution in [3.63, 3.8) is 0 Å². The van der Waals surface area contributed by atoms with Crippen LogP contribution in [0.5, 0.6) is 0 Å². The van der Waals surface area contributed by atoms with Crippen molar-refractivity contribution in [2.24, 2.45) is 0 Å². The standard InChI is InChI=1S/C67H79BN2/c1-60(2,3)41-25-27-53(45(33-41)40-23-19-18-20-24-40)69-54-28-26-44-46-38-50-51(64(12,13)32-31-63(50,10)11)39-49(46)65(14,15)56(44)58(54)68-57-47(34-43(37-55(57)69)62(7,8)9)48-35-42(61(4,5)6)36-52-59(48)70(68)67(17)30-22-21-29-66(52,67)16/h18-20,23-28,33-39H,21-22,29-32H2,1-17H3. The Morgan fingerprint density at radius 3 is 1.69 bits per heavy atom. The number of rotatable bonds is 2. The van der Waals surface area contributed by atoms with Gasteiger partial charge in [0.15, 0.2) is 0 Å². The second-order valence-corrected chi connectivity index (χ2v) is 28.4. The molecule has 0 amide bonds. The minimum atomic E-state index is -0.245. The summed E-state index contributed by atoms with van der Waals surface area (Å²) in [6.45, 7) is 42.2. The normalized spacial score (nSPS) is 23.0. The molecule has 3 heterocycles. The molecule has 1 fully saturated rings. The van der Waals surface area contributed by atoms with E-state index in [0.29, 0.717) is 0 Å². The van der Waals surface area contributed by atoms with Gasteiger partial charge in [0, 0.05) is 44.6 Å². The van der Waals surface area contributed by atoms with Gasteiger partial charge in [0.05, 0.1) is 5.69 Å². The van der Waals surface area contributed by atoms with Gasteiger partial charge in [0.1, 0.15) is 0 Å². The fourth-order valence-electron chi connectivity index (χ4n) is 15.0. The summed E-state index contributed by atoms with van der Waals surface area (Å²) in [5, 5.41) is 0. The molecule has 12 rings (SSSR count). The number of fused-ring (bicyclic) bond motifs is 12. The highest BCUT2D eigenvalue weighted by Crippen LogP contribution is 2.65. The first kappa shape index (κ1) is 46.1. The number of hydrogen-bond acceptors (Lipinski definition) is 2. The summed E-state index contributed by atoms with van der Waals surface area (Å²) < 4.78 is 0. The Bertz CT molecular complexity index is 3230. The lowest BCUT2D eigenvalue weighted by atomic mass is 9.40. The van der Waals surface area contributed by atoms with Gasteiger partial charge >= 0.3 is 6.85 Å². The molecule has 2 nitrogen and oxygen atoms in total. The van der Waals surface area contributed by atoms with Crippen LogP contribution in [0.25, 0.3) is 33.4 Å². The molecular weight excluding hydrogens is 844 g/mol. The van der Waals surface area contributed by atoms with Gasteiger partial charge in [-0.3, -0.25) is 0 Å². The molecule has 3 aliphatic heterocycles. The Morgan fingerprint density at radius 2 is 1.03 bits per heavy atom. The van der Waals surface area contributed by atoms with Crippen molar-refractivity contribution in [1.82, 2.24) is 0 Å². The molecule has 0 bridgehead atoms. The zero-order valence-corrected chi connectivity index (χ0v) is 46.0. The third-order valence-electron chi connectivity index (χ3n) is 19.7. The van der Waals surface area contributed by atoms with Gasteiger partial charge < -0.3 is 9.71 Å². The fourth-order valence-corrected chi connectivity index (χ4v) is 15.0. The van der Waals surface area contributed by atoms with Gasteiger partial charge in [0.2, 0.25) is 0 Å². The smallest absolute Gasteiger partial charge is 0.329 e. The van der Waals surface area contributed by atoms with Crippen molar-refractivity contribution in [3.8, 4) is 33.4 Å². The molecule has 6 aliphatic rings. The minimum absolute atomic E-state index is 0.00112. The van der Waals surface area contributed by atoms with Crippen LogP contribution in [0.4, 0.5) is 22.7 Å². The van der Waals surface area contributed by atoms with Crippen LogP contribution in [-0.2, 0) is 37.9 Å². The lowest BCUT2D eigenvalue weighted by molar-refractivity contribution is 0.199. The van der Waals surface area contributed by atoms with E-state index in [0.717, 1.165) is 0 Å². The highest BCUT2D eigenvalue weighted by molar-refractivity contribution is 6.93. The molecule has 0 radical (unpaired) electrons. The molecule has 70 heavy (non-hydrogen) atoms. The van der Waals surface area contributed by atoms with E-state index in [4.69, 9.17) is 0 Å². The summed E-state index contributed by atoms with van der Waals surface area (Å²) >= 11 is 0. The second kappa shape index (κ2) is 14.1. The van der Waals surface area contributed by atoms with Crippen LogP contribution in [0.3, 0.4) is 0 Å². The largest absolute Gasteiger partial charge is 0.400 e. The molecule has 360 valence electrons. The fraction of sp³-hybridized carbons (Fsp3) is 0.463. The zero-order chi connectivity index (χ0) is 49.8. The van der Waals surface area contributed by atoms with Gasteiger partial charge in [-0.05, 0) is 174 Å².